The van der Waals surface area contributed by atoms with E-state index in [-0.39, 0.29) is 12.3 Å². The number of rotatable bonds is 5. The van der Waals surface area contributed by atoms with Crippen molar-refractivity contribution in [2.45, 2.75) is 25.9 Å². The maximum absolute atomic E-state index is 10.5. The van der Waals surface area contributed by atoms with Crippen LogP contribution in [-0.4, -0.2) is 16.2 Å². The molecule has 0 radical (unpaired) electrons. The van der Waals surface area contributed by atoms with Gasteiger partial charge in [0.15, 0.2) is 0 Å². The molecule has 0 aliphatic rings. The average Bonchev–Trinajstić information content (AvgIpc) is 2.16. The van der Waals surface area contributed by atoms with Gasteiger partial charge in [-0.3, -0.25) is 4.79 Å². The largest absolute Gasteiger partial charge is 0.481 e. The summed E-state index contributed by atoms with van der Waals surface area (Å²) >= 11 is 5.73. The molecule has 0 aliphatic heterocycles. The third-order valence-corrected chi connectivity index (χ3v) is 2.66. The van der Waals surface area contributed by atoms with Crippen LogP contribution in [0.5, 0.6) is 0 Å². The van der Waals surface area contributed by atoms with Gasteiger partial charge in [0, 0.05) is 11.4 Å². The molecule has 2 atom stereocenters. The van der Waals surface area contributed by atoms with E-state index in [0.717, 1.165) is 5.56 Å². The van der Waals surface area contributed by atoms with Crippen molar-refractivity contribution < 1.29 is 15.0 Å². The molecular formula is C12H15ClO3. The Labute approximate surface area is 99.7 Å². The Kier molecular flexibility index (Phi) is 4.77. The summed E-state index contributed by atoms with van der Waals surface area (Å²) in [5.41, 5.74) is 0.765. The number of halogens is 1. The van der Waals surface area contributed by atoms with Crippen molar-refractivity contribution in [1.29, 1.82) is 0 Å². The van der Waals surface area contributed by atoms with E-state index < -0.39 is 12.1 Å². The van der Waals surface area contributed by atoms with Crippen molar-refractivity contribution >= 4 is 17.6 Å². The summed E-state index contributed by atoms with van der Waals surface area (Å²) in [6.07, 6.45) is -0.120. The van der Waals surface area contributed by atoms with Crippen LogP contribution < -0.4 is 0 Å². The summed E-state index contributed by atoms with van der Waals surface area (Å²) in [6, 6.07) is 6.92. The number of aliphatic hydroxyl groups excluding tert-OH is 1. The van der Waals surface area contributed by atoms with Gasteiger partial charge < -0.3 is 10.2 Å². The van der Waals surface area contributed by atoms with E-state index in [1.165, 1.54) is 0 Å². The van der Waals surface area contributed by atoms with Crippen LogP contribution in [0, 0.1) is 5.92 Å². The fraction of sp³-hybridized carbons (Fsp3) is 0.417. The predicted octanol–water partition coefficient (Wildman–Crippen LogP) is 2.87. The topological polar surface area (TPSA) is 57.5 Å². The van der Waals surface area contributed by atoms with E-state index in [0.29, 0.717) is 11.4 Å². The van der Waals surface area contributed by atoms with Gasteiger partial charge in [0.1, 0.15) is 0 Å². The van der Waals surface area contributed by atoms with Gasteiger partial charge in [0.05, 0.1) is 6.10 Å². The van der Waals surface area contributed by atoms with Crippen molar-refractivity contribution in [3.8, 4) is 0 Å². The lowest BCUT2D eigenvalue weighted by molar-refractivity contribution is -0.138. The zero-order valence-electron chi connectivity index (χ0n) is 9.06. The Hall–Kier alpha value is -1.06. The third kappa shape index (κ3) is 4.21. The second-order valence-corrected chi connectivity index (χ2v) is 4.44. The van der Waals surface area contributed by atoms with E-state index in [1.54, 1.807) is 24.3 Å². The standard InChI is InChI=1S/C12H15ClO3/c1-8(7-12(15)16)6-11(14)9-2-4-10(13)5-3-9/h2-5,8,11,14H,6-7H2,1H3,(H,15,16). The first-order chi connectivity index (χ1) is 7.49. The van der Waals surface area contributed by atoms with Gasteiger partial charge in [-0.05, 0) is 30.0 Å². The van der Waals surface area contributed by atoms with E-state index in [1.807, 2.05) is 6.92 Å². The van der Waals surface area contributed by atoms with Crippen LogP contribution in [0.3, 0.4) is 0 Å². The number of hydrogen-bond acceptors (Lipinski definition) is 2. The molecule has 2 N–H and O–H groups in total. The van der Waals surface area contributed by atoms with Gasteiger partial charge in [-0.25, -0.2) is 0 Å². The molecule has 0 amide bonds. The summed E-state index contributed by atoms with van der Waals surface area (Å²) < 4.78 is 0. The monoisotopic (exact) mass is 242 g/mol. The molecule has 4 heteroatoms. The molecular weight excluding hydrogens is 228 g/mol. The zero-order valence-corrected chi connectivity index (χ0v) is 9.81. The lowest BCUT2D eigenvalue weighted by atomic mass is 9.96. The van der Waals surface area contributed by atoms with Crippen molar-refractivity contribution in [2.24, 2.45) is 5.92 Å². The maximum Gasteiger partial charge on any atom is 0.303 e. The summed E-state index contributed by atoms with van der Waals surface area (Å²) in [5.74, 6) is -0.890. The number of carboxylic acid groups (broad SMARTS) is 1. The highest BCUT2D eigenvalue weighted by Gasteiger charge is 2.14. The van der Waals surface area contributed by atoms with Crippen LogP contribution in [0.2, 0.25) is 5.02 Å². The fourth-order valence-electron chi connectivity index (χ4n) is 1.58. The Morgan fingerprint density at radius 3 is 2.44 bits per heavy atom. The molecule has 88 valence electrons. The minimum atomic E-state index is -0.837. The second-order valence-electron chi connectivity index (χ2n) is 4.01. The number of carboxylic acids is 1. The first-order valence-corrected chi connectivity index (χ1v) is 5.52. The second kappa shape index (κ2) is 5.87. The Balaban J connectivity index is 2.54. The first kappa shape index (κ1) is 13.0. The number of carbonyl (C=O) groups is 1. The van der Waals surface area contributed by atoms with Crippen LogP contribution in [0.15, 0.2) is 24.3 Å². The Morgan fingerprint density at radius 2 is 1.94 bits per heavy atom. The maximum atomic E-state index is 10.5. The van der Waals surface area contributed by atoms with Crippen LogP contribution in [0.4, 0.5) is 0 Å². The van der Waals surface area contributed by atoms with Gasteiger partial charge in [-0.1, -0.05) is 30.7 Å². The Morgan fingerprint density at radius 1 is 1.38 bits per heavy atom. The van der Waals surface area contributed by atoms with Crippen LogP contribution in [0.1, 0.15) is 31.4 Å². The van der Waals surface area contributed by atoms with Crippen LogP contribution in [0.25, 0.3) is 0 Å². The average molecular weight is 243 g/mol. The molecule has 0 aromatic heterocycles. The highest BCUT2D eigenvalue weighted by Crippen LogP contribution is 2.24. The molecule has 0 bridgehead atoms. The van der Waals surface area contributed by atoms with Crippen molar-refractivity contribution in [1.82, 2.24) is 0 Å². The summed E-state index contributed by atoms with van der Waals surface area (Å²) in [4.78, 5) is 10.5. The third-order valence-electron chi connectivity index (χ3n) is 2.40. The van der Waals surface area contributed by atoms with E-state index in [4.69, 9.17) is 16.7 Å². The lowest BCUT2D eigenvalue weighted by Crippen LogP contribution is -2.09. The smallest absolute Gasteiger partial charge is 0.303 e. The number of hydrogen-bond donors (Lipinski definition) is 2. The highest BCUT2D eigenvalue weighted by atomic mass is 35.5. The molecule has 16 heavy (non-hydrogen) atoms. The van der Waals surface area contributed by atoms with Gasteiger partial charge in [-0.15, -0.1) is 0 Å². The SMILES string of the molecule is CC(CC(=O)O)CC(O)c1ccc(Cl)cc1. The minimum absolute atomic E-state index is 0.0526. The number of aliphatic carboxylic acids is 1. The molecule has 1 rings (SSSR count). The van der Waals surface area contributed by atoms with Crippen LogP contribution >= 0.6 is 11.6 Å². The molecule has 3 nitrogen and oxygen atoms in total. The van der Waals surface area contributed by atoms with E-state index in [9.17, 15) is 9.90 Å². The first-order valence-electron chi connectivity index (χ1n) is 5.14. The molecule has 2 unspecified atom stereocenters. The van der Waals surface area contributed by atoms with Crippen molar-refractivity contribution in [2.75, 3.05) is 0 Å². The minimum Gasteiger partial charge on any atom is -0.481 e. The molecule has 1 aromatic rings. The molecule has 0 saturated heterocycles. The van der Waals surface area contributed by atoms with E-state index >= 15 is 0 Å². The number of aliphatic hydroxyl groups is 1. The normalized spacial score (nSPS) is 14.4. The van der Waals surface area contributed by atoms with Crippen molar-refractivity contribution in [3.05, 3.63) is 34.9 Å². The number of benzene rings is 1. The fourth-order valence-corrected chi connectivity index (χ4v) is 1.71. The van der Waals surface area contributed by atoms with Gasteiger partial charge in [0.25, 0.3) is 0 Å². The lowest BCUT2D eigenvalue weighted by Gasteiger charge is -2.15. The molecule has 0 aliphatic carbocycles. The summed E-state index contributed by atoms with van der Waals surface area (Å²) in [5, 5.41) is 19.1. The highest BCUT2D eigenvalue weighted by molar-refractivity contribution is 6.30. The molecule has 0 spiro atoms. The molecule has 1 aromatic carbocycles. The molecule has 0 fully saturated rings. The van der Waals surface area contributed by atoms with E-state index in [2.05, 4.69) is 0 Å². The zero-order chi connectivity index (χ0) is 12.1. The van der Waals surface area contributed by atoms with Gasteiger partial charge in [-0.2, -0.15) is 0 Å². The van der Waals surface area contributed by atoms with Gasteiger partial charge in [0.2, 0.25) is 0 Å². The van der Waals surface area contributed by atoms with Crippen molar-refractivity contribution in [3.63, 3.8) is 0 Å². The molecule has 0 heterocycles. The quantitative estimate of drug-likeness (QED) is 0.835. The van der Waals surface area contributed by atoms with Crippen LogP contribution in [-0.2, 0) is 4.79 Å². The summed E-state index contributed by atoms with van der Waals surface area (Å²) in [7, 11) is 0. The molecule has 0 saturated carbocycles. The predicted molar refractivity (Wildman–Crippen MR) is 62.4 cm³/mol. The summed E-state index contributed by atoms with van der Waals surface area (Å²) in [6.45, 7) is 1.81. The Bertz CT molecular complexity index is 348. The van der Waals surface area contributed by atoms with Gasteiger partial charge >= 0.3 is 5.97 Å².